The average molecular weight is 258 g/mol. The average Bonchev–Trinajstić information content (AvgIpc) is 2.81. The van der Waals surface area contributed by atoms with Crippen LogP contribution < -0.4 is 10.7 Å². The minimum absolute atomic E-state index is 0.737. The van der Waals surface area contributed by atoms with Crippen molar-refractivity contribution in [2.75, 3.05) is 13.1 Å². The predicted octanol–water partition coefficient (Wildman–Crippen LogP) is 2.55. The van der Waals surface area contributed by atoms with E-state index in [9.17, 15) is 0 Å². The largest absolute Gasteiger partial charge is 0.353 e. The van der Waals surface area contributed by atoms with Gasteiger partial charge in [0.1, 0.15) is 0 Å². The molecule has 0 aromatic rings. The summed E-state index contributed by atoms with van der Waals surface area (Å²) >= 11 is 0. The number of nitrogens with zero attached hydrogens (tertiary/aromatic N) is 2. The molecule has 1 aliphatic rings. The first-order chi connectivity index (χ1) is 9.11. The third kappa shape index (κ3) is 6.41. The normalized spacial score (nSPS) is 17.4. The zero-order chi connectivity index (χ0) is 14.1. The molecule has 4 heteroatoms. The summed E-state index contributed by atoms with van der Waals surface area (Å²) in [7, 11) is 0. The van der Waals surface area contributed by atoms with Crippen LogP contribution >= 0.6 is 0 Å². The molecule has 0 aromatic carbocycles. The summed E-state index contributed by atoms with van der Waals surface area (Å²) in [5.41, 5.74) is 6.30. The lowest BCUT2D eigenvalue weighted by molar-refractivity contribution is 0.919. The van der Waals surface area contributed by atoms with E-state index in [1.54, 1.807) is 12.3 Å². The van der Waals surface area contributed by atoms with Gasteiger partial charge in [0.2, 0.25) is 5.96 Å². The van der Waals surface area contributed by atoms with E-state index >= 15 is 0 Å². The Labute approximate surface area is 115 Å². The van der Waals surface area contributed by atoms with E-state index in [2.05, 4.69) is 46.5 Å². The molecule has 0 aromatic heterocycles. The monoisotopic (exact) mass is 258 g/mol. The molecule has 0 aliphatic carbocycles. The van der Waals surface area contributed by atoms with Gasteiger partial charge >= 0.3 is 0 Å². The molecule has 2 N–H and O–H groups in total. The summed E-state index contributed by atoms with van der Waals surface area (Å²) in [4.78, 5) is 4.19. The van der Waals surface area contributed by atoms with E-state index in [0.717, 1.165) is 24.6 Å². The molecule has 1 aliphatic heterocycles. The van der Waals surface area contributed by atoms with Gasteiger partial charge in [0, 0.05) is 6.54 Å². The van der Waals surface area contributed by atoms with Crippen LogP contribution in [0.25, 0.3) is 0 Å². The molecule has 1 heterocycles. The van der Waals surface area contributed by atoms with Crippen LogP contribution in [-0.2, 0) is 0 Å². The molecule has 0 fully saturated rings. The molecule has 0 saturated carbocycles. The topological polar surface area (TPSA) is 48.8 Å². The lowest BCUT2D eigenvalue weighted by Gasteiger charge is -1.99. The van der Waals surface area contributed by atoms with E-state index in [4.69, 9.17) is 0 Å². The second-order valence-corrected chi connectivity index (χ2v) is 4.45. The van der Waals surface area contributed by atoms with Crippen LogP contribution in [0.3, 0.4) is 0 Å². The summed E-state index contributed by atoms with van der Waals surface area (Å²) in [5, 5.41) is 7.22. The Kier molecular flexibility index (Phi) is 6.36. The van der Waals surface area contributed by atoms with E-state index in [-0.39, 0.29) is 0 Å². The Morgan fingerprint density at radius 3 is 2.63 bits per heavy atom. The fraction of sp³-hybridized carbons (Fsp3) is 0.333. The van der Waals surface area contributed by atoms with Gasteiger partial charge in [-0.2, -0.15) is 5.10 Å². The molecule has 4 nitrogen and oxygen atoms in total. The number of guanidine groups is 1. The quantitative estimate of drug-likeness (QED) is 0.452. The summed E-state index contributed by atoms with van der Waals surface area (Å²) in [5.74, 6) is 0.737. The maximum atomic E-state index is 4.19. The van der Waals surface area contributed by atoms with Gasteiger partial charge in [-0.3, -0.25) is 0 Å². The second kappa shape index (κ2) is 8.08. The fourth-order valence-corrected chi connectivity index (χ4v) is 1.70. The van der Waals surface area contributed by atoms with Gasteiger partial charge in [0.25, 0.3) is 0 Å². The lowest BCUT2D eigenvalue weighted by Crippen LogP contribution is -2.30. The van der Waals surface area contributed by atoms with Gasteiger partial charge in [-0.1, -0.05) is 42.0 Å². The van der Waals surface area contributed by atoms with Gasteiger partial charge in [-0.25, -0.2) is 10.4 Å². The third-order valence-corrected chi connectivity index (χ3v) is 2.40. The van der Waals surface area contributed by atoms with Crippen molar-refractivity contribution in [3.05, 3.63) is 47.6 Å². The number of hydrazone groups is 1. The van der Waals surface area contributed by atoms with Crippen LogP contribution in [0.2, 0.25) is 0 Å². The zero-order valence-electron chi connectivity index (χ0n) is 11.9. The van der Waals surface area contributed by atoms with Gasteiger partial charge in [0.15, 0.2) is 0 Å². The van der Waals surface area contributed by atoms with Crippen LogP contribution in [0.1, 0.15) is 20.8 Å². The van der Waals surface area contributed by atoms with Crippen molar-refractivity contribution in [3.8, 4) is 0 Å². The fourth-order valence-electron chi connectivity index (χ4n) is 1.70. The van der Waals surface area contributed by atoms with Crippen LogP contribution in [0.4, 0.5) is 0 Å². The Bertz CT molecular complexity index is 465. The molecule has 1 rings (SSSR count). The van der Waals surface area contributed by atoms with Crippen LogP contribution in [-0.4, -0.2) is 25.3 Å². The molecule has 0 atom stereocenters. The van der Waals surface area contributed by atoms with Crippen molar-refractivity contribution < 1.29 is 0 Å². The minimum Gasteiger partial charge on any atom is -0.353 e. The third-order valence-electron chi connectivity index (χ3n) is 2.40. The number of nitrogens with one attached hydrogen (secondary N) is 2. The first-order valence-electron chi connectivity index (χ1n) is 6.35. The van der Waals surface area contributed by atoms with Gasteiger partial charge in [-0.15, -0.1) is 0 Å². The smallest absolute Gasteiger partial charge is 0.212 e. The molecular weight excluding hydrogens is 236 g/mol. The molecule has 19 heavy (non-hydrogen) atoms. The first kappa shape index (κ1) is 15.0. The maximum Gasteiger partial charge on any atom is 0.212 e. The lowest BCUT2D eigenvalue weighted by atomic mass is 10.1. The maximum absolute atomic E-state index is 4.19. The second-order valence-electron chi connectivity index (χ2n) is 4.45. The summed E-state index contributed by atoms with van der Waals surface area (Å²) in [6.45, 7) is 11.5. The van der Waals surface area contributed by atoms with E-state index in [1.165, 1.54) is 11.1 Å². The summed E-state index contributed by atoms with van der Waals surface area (Å²) in [6.07, 6.45) is 9.74. The number of rotatable bonds is 5. The van der Waals surface area contributed by atoms with E-state index in [0.29, 0.717) is 0 Å². The van der Waals surface area contributed by atoms with Gasteiger partial charge in [0.05, 0.1) is 12.8 Å². The number of hydrogen-bond donors (Lipinski definition) is 2. The summed E-state index contributed by atoms with van der Waals surface area (Å²) in [6, 6.07) is 0. The highest BCUT2D eigenvalue weighted by Crippen LogP contribution is 2.05. The molecule has 0 radical (unpaired) electrons. The molecule has 0 unspecified atom stereocenters. The Balaban J connectivity index is 2.53. The number of aliphatic imine (C=N–C) groups is 1. The van der Waals surface area contributed by atoms with Crippen molar-refractivity contribution >= 4 is 12.2 Å². The van der Waals surface area contributed by atoms with Gasteiger partial charge in [-0.05, 0) is 26.3 Å². The molecule has 0 saturated heterocycles. The SMILES string of the molecule is C=C/C=C(C)/C=C(C)/C=C(C)/C=N\NC1=NCCN1. The standard InChI is InChI=1S/C15H22N4/c1-5-6-12(2)9-13(3)10-14(4)11-18-19-15-16-7-8-17-15/h5-6,9-11H,1,7-8H2,2-4H3,(H2,16,17,19)/b12-6+,13-9+,14-10+,18-11-. The van der Waals surface area contributed by atoms with Crippen molar-refractivity contribution in [2.24, 2.45) is 10.1 Å². The summed E-state index contributed by atoms with van der Waals surface area (Å²) < 4.78 is 0. The first-order valence-corrected chi connectivity index (χ1v) is 6.35. The van der Waals surface area contributed by atoms with Gasteiger partial charge < -0.3 is 5.32 Å². The highest BCUT2D eigenvalue weighted by atomic mass is 15.4. The Hall–Kier alpha value is -2.10. The highest BCUT2D eigenvalue weighted by molar-refractivity contribution is 5.84. The Morgan fingerprint density at radius 2 is 2.00 bits per heavy atom. The molecule has 0 amide bonds. The van der Waals surface area contributed by atoms with Crippen LogP contribution in [0.5, 0.6) is 0 Å². The van der Waals surface area contributed by atoms with E-state index < -0.39 is 0 Å². The van der Waals surface area contributed by atoms with E-state index in [1.807, 2.05) is 19.9 Å². The number of hydrogen-bond acceptors (Lipinski definition) is 4. The van der Waals surface area contributed by atoms with Crippen molar-refractivity contribution in [1.82, 2.24) is 10.7 Å². The highest BCUT2D eigenvalue weighted by Gasteiger charge is 2.00. The zero-order valence-corrected chi connectivity index (χ0v) is 11.9. The predicted molar refractivity (Wildman–Crippen MR) is 83.4 cm³/mol. The molecule has 102 valence electrons. The van der Waals surface area contributed by atoms with Crippen LogP contribution in [0.15, 0.2) is 57.7 Å². The Morgan fingerprint density at radius 1 is 1.26 bits per heavy atom. The van der Waals surface area contributed by atoms with Crippen molar-refractivity contribution in [1.29, 1.82) is 0 Å². The minimum atomic E-state index is 0.737. The molecule has 0 bridgehead atoms. The van der Waals surface area contributed by atoms with Crippen molar-refractivity contribution in [2.45, 2.75) is 20.8 Å². The van der Waals surface area contributed by atoms with Crippen LogP contribution in [0, 0.1) is 0 Å². The molecular formula is C15H22N4. The molecule has 0 spiro atoms. The number of allylic oxidation sites excluding steroid dienone is 7. The van der Waals surface area contributed by atoms with Crippen molar-refractivity contribution in [3.63, 3.8) is 0 Å².